The van der Waals surface area contributed by atoms with Crippen LogP contribution < -0.4 is 25.0 Å². The largest absolute Gasteiger partial charge is 0.494 e. The normalized spacial score (nSPS) is 10.6. The number of esters is 1. The summed E-state index contributed by atoms with van der Waals surface area (Å²) in [7, 11) is 1.50. The molecule has 34 heavy (non-hydrogen) atoms. The molecule has 3 rings (SSSR count). The number of hydrogen-bond acceptors (Lipinski definition) is 6. The van der Waals surface area contributed by atoms with Crippen LogP contribution in [0, 0.1) is 0 Å². The van der Waals surface area contributed by atoms with E-state index in [0.717, 1.165) is 12.1 Å². The van der Waals surface area contributed by atoms with Crippen LogP contribution in [0.5, 0.6) is 17.2 Å². The third-order valence-corrected chi connectivity index (χ3v) is 4.84. The van der Waals surface area contributed by atoms with E-state index in [1.54, 1.807) is 60.8 Å². The third-order valence-electron chi connectivity index (χ3n) is 4.42. The molecule has 0 atom stereocenters. The molecule has 0 fully saturated rings. The summed E-state index contributed by atoms with van der Waals surface area (Å²) < 4.78 is 16.4. The van der Waals surface area contributed by atoms with Crippen molar-refractivity contribution in [2.75, 3.05) is 19.0 Å². The molecule has 0 saturated heterocycles. The van der Waals surface area contributed by atoms with Gasteiger partial charge < -0.3 is 19.5 Å². The summed E-state index contributed by atoms with van der Waals surface area (Å²) in [5, 5.41) is 8.01. The van der Waals surface area contributed by atoms with E-state index in [1.807, 2.05) is 19.1 Å². The highest BCUT2D eigenvalue weighted by atomic mass is 35.5. The summed E-state index contributed by atoms with van der Waals surface area (Å²) in [5.41, 5.74) is 4.60. The average Bonchev–Trinajstić information content (AvgIpc) is 2.83. The smallest absolute Gasteiger partial charge is 0.343 e. The molecule has 176 valence electrons. The number of hydrogen-bond donors (Lipinski definition) is 2. The van der Waals surface area contributed by atoms with Crippen LogP contribution in [-0.4, -0.2) is 31.0 Å². The van der Waals surface area contributed by atoms with Crippen molar-refractivity contribution < 1.29 is 19.0 Å². The molecular formula is C25H24ClN3O4S. The van der Waals surface area contributed by atoms with Crippen LogP contribution in [0.3, 0.4) is 0 Å². The minimum atomic E-state index is -0.499. The van der Waals surface area contributed by atoms with Crippen molar-refractivity contribution in [3.8, 4) is 17.2 Å². The number of anilines is 1. The summed E-state index contributed by atoms with van der Waals surface area (Å²) in [4.78, 5) is 12.5. The highest BCUT2D eigenvalue weighted by molar-refractivity contribution is 7.80. The minimum absolute atomic E-state index is 0.294. The Morgan fingerprint density at radius 1 is 1.09 bits per heavy atom. The summed E-state index contributed by atoms with van der Waals surface area (Å²) in [6, 6.07) is 19.0. The Morgan fingerprint density at radius 2 is 1.88 bits per heavy atom. The Hall–Kier alpha value is -3.62. The number of nitrogens with one attached hydrogen (secondary N) is 2. The Balaban J connectivity index is 1.59. The lowest BCUT2D eigenvalue weighted by atomic mass is 10.2. The fourth-order valence-electron chi connectivity index (χ4n) is 2.81. The maximum Gasteiger partial charge on any atom is 0.343 e. The van der Waals surface area contributed by atoms with Gasteiger partial charge in [-0.25, -0.2) is 4.79 Å². The maximum atomic E-state index is 12.5. The van der Waals surface area contributed by atoms with Crippen LogP contribution in [0.15, 0.2) is 71.8 Å². The van der Waals surface area contributed by atoms with Crippen molar-refractivity contribution in [1.29, 1.82) is 0 Å². The number of halogens is 1. The lowest BCUT2D eigenvalue weighted by molar-refractivity contribution is 0.0729. The maximum absolute atomic E-state index is 12.5. The van der Waals surface area contributed by atoms with Gasteiger partial charge in [0.1, 0.15) is 5.75 Å². The van der Waals surface area contributed by atoms with Gasteiger partial charge in [-0.2, -0.15) is 5.10 Å². The molecule has 9 heteroatoms. The van der Waals surface area contributed by atoms with Crippen LogP contribution in [0.1, 0.15) is 29.3 Å². The first-order chi connectivity index (χ1) is 16.5. The Kier molecular flexibility index (Phi) is 9.25. The molecule has 0 heterocycles. The van der Waals surface area contributed by atoms with Gasteiger partial charge in [-0.3, -0.25) is 5.43 Å². The van der Waals surface area contributed by atoms with Gasteiger partial charge in [-0.05, 0) is 84.9 Å². The van der Waals surface area contributed by atoms with E-state index in [4.69, 9.17) is 38.0 Å². The minimum Gasteiger partial charge on any atom is -0.494 e. The zero-order chi connectivity index (χ0) is 24.3. The lowest BCUT2D eigenvalue weighted by Gasteiger charge is -2.10. The number of methoxy groups -OCH3 is 1. The number of nitrogens with zero attached hydrogens (tertiary/aromatic N) is 1. The predicted molar refractivity (Wildman–Crippen MR) is 139 cm³/mol. The SMILES string of the molecule is CCCOc1ccc(C(=O)Oc2ccc(/C=N\NC(=S)Nc3cccc(Cl)c3)cc2OC)cc1. The van der Waals surface area contributed by atoms with Gasteiger partial charge in [0.25, 0.3) is 0 Å². The molecule has 0 radical (unpaired) electrons. The molecule has 0 bridgehead atoms. The van der Waals surface area contributed by atoms with E-state index < -0.39 is 5.97 Å². The van der Waals surface area contributed by atoms with Crippen molar-refractivity contribution in [2.24, 2.45) is 5.10 Å². The van der Waals surface area contributed by atoms with Crippen molar-refractivity contribution in [1.82, 2.24) is 5.43 Å². The van der Waals surface area contributed by atoms with Crippen molar-refractivity contribution >= 4 is 46.8 Å². The Bertz CT molecular complexity index is 1170. The number of carbonyl (C=O) groups is 1. The van der Waals surface area contributed by atoms with E-state index in [-0.39, 0.29) is 0 Å². The zero-order valence-corrected chi connectivity index (χ0v) is 20.3. The second kappa shape index (κ2) is 12.6. The standard InChI is InChI=1S/C25H24ClN3O4S/c1-3-13-32-21-10-8-18(9-11-21)24(30)33-22-12-7-17(14-23(22)31-2)16-27-29-25(34)28-20-6-4-5-19(26)15-20/h4-12,14-16H,3,13H2,1-2H3,(H2,28,29,34)/b27-16-. The number of ether oxygens (including phenoxy) is 3. The average molecular weight is 498 g/mol. The molecule has 0 amide bonds. The molecule has 7 nitrogen and oxygen atoms in total. The van der Waals surface area contributed by atoms with Crippen LogP contribution in [0.2, 0.25) is 5.02 Å². The second-order valence-corrected chi connectivity index (χ2v) is 7.85. The molecular weight excluding hydrogens is 474 g/mol. The number of carbonyl (C=O) groups excluding carboxylic acids is 1. The van der Waals surface area contributed by atoms with Gasteiger partial charge in [0, 0.05) is 10.7 Å². The van der Waals surface area contributed by atoms with Crippen molar-refractivity contribution in [2.45, 2.75) is 13.3 Å². The molecule has 0 unspecified atom stereocenters. The molecule has 2 N–H and O–H groups in total. The fraction of sp³-hybridized carbons (Fsp3) is 0.160. The van der Waals surface area contributed by atoms with E-state index in [1.165, 1.54) is 7.11 Å². The molecule has 0 aliphatic carbocycles. The van der Waals surface area contributed by atoms with Crippen LogP contribution in [0.4, 0.5) is 5.69 Å². The summed E-state index contributed by atoms with van der Waals surface area (Å²) in [6.07, 6.45) is 2.47. The van der Waals surface area contributed by atoms with Gasteiger partial charge in [-0.1, -0.05) is 24.6 Å². The number of hydrazone groups is 1. The third kappa shape index (κ3) is 7.47. The molecule has 0 aliphatic rings. The lowest BCUT2D eigenvalue weighted by Crippen LogP contribution is -2.23. The summed E-state index contributed by atoms with van der Waals surface area (Å²) in [6.45, 7) is 2.65. The highest BCUT2D eigenvalue weighted by Crippen LogP contribution is 2.28. The molecule has 0 aliphatic heterocycles. The van der Waals surface area contributed by atoms with E-state index >= 15 is 0 Å². The molecule has 0 aromatic heterocycles. The van der Waals surface area contributed by atoms with Crippen LogP contribution in [-0.2, 0) is 0 Å². The van der Waals surface area contributed by atoms with Gasteiger partial charge in [0.2, 0.25) is 0 Å². The van der Waals surface area contributed by atoms with Crippen LogP contribution in [0.25, 0.3) is 0 Å². The first-order valence-electron chi connectivity index (χ1n) is 10.5. The fourth-order valence-corrected chi connectivity index (χ4v) is 3.17. The van der Waals surface area contributed by atoms with Gasteiger partial charge in [-0.15, -0.1) is 0 Å². The topological polar surface area (TPSA) is 81.2 Å². The molecule has 0 spiro atoms. The summed E-state index contributed by atoms with van der Waals surface area (Å²) in [5.74, 6) is 0.887. The number of rotatable bonds is 9. The van der Waals surface area contributed by atoms with Crippen LogP contribution >= 0.6 is 23.8 Å². The van der Waals surface area contributed by atoms with E-state index in [2.05, 4.69) is 15.8 Å². The number of benzene rings is 3. The second-order valence-electron chi connectivity index (χ2n) is 7.01. The number of thiocarbonyl (C=S) groups is 1. The van der Waals surface area contributed by atoms with E-state index in [0.29, 0.717) is 45.1 Å². The monoisotopic (exact) mass is 497 g/mol. The van der Waals surface area contributed by atoms with Gasteiger partial charge in [0.15, 0.2) is 16.6 Å². The van der Waals surface area contributed by atoms with E-state index in [9.17, 15) is 4.79 Å². The molecule has 3 aromatic rings. The quantitative estimate of drug-likeness (QED) is 0.129. The highest BCUT2D eigenvalue weighted by Gasteiger charge is 2.13. The van der Waals surface area contributed by atoms with Crippen molar-refractivity contribution in [3.63, 3.8) is 0 Å². The summed E-state index contributed by atoms with van der Waals surface area (Å²) >= 11 is 11.2. The first-order valence-corrected chi connectivity index (χ1v) is 11.3. The predicted octanol–water partition coefficient (Wildman–Crippen LogP) is 5.68. The zero-order valence-electron chi connectivity index (χ0n) is 18.7. The Morgan fingerprint density at radius 3 is 2.59 bits per heavy atom. The molecule has 0 saturated carbocycles. The van der Waals surface area contributed by atoms with Crippen molar-refractivity contribution in [3.05, 3.63) is 82.9 Å². The first kappa shape index (κ1) is 25.0. The van der Waals surface area contributed by atoms with Gasteiger partial charge >= 0.3 is 5.97 Å². The van der Waals surface area contributed by atoms with Gasteiger partial charge in [0.05, 0.1) is 25.5 Å². The Labute approximate surface area is 208 Å². The molecule has 3 aromatic carbocycles.